The summed E-state index contributed by atoms with van der Waals surface area (Å²) in [6.45, 7) is 1.79. The molecule has 0 saturated heterocycles. The summed E-state index contributed by atoms with van der Waals surface area (Å²) >= 11 is 0. The molecular formula is C20H21N3O3. The van der Waals surface area contributed by atoms with Gasteiger partial charge in [-0.05, 0) is 35.9 Å². The van der Waals surface area contributed by atoms with Crippen LogP contribution >= 0.6 is 0 Å². The van der Waals surface area contributed by atoms with Crippen molar-refractivity contribution in [3.63, 3.8) is 0 Å². The highest BCUT2D eigenvalue weighted by atomic mass is 16.7. The van der Waals surface area contributed by atoms with Gasteiger partial charge in [0.2, 0.25) is 12.7 Å². The van der Waals surface area contributed by atoms with Crippen molar-refractivity contribution >= 4 is 17.3 Å². The van der Waals surface area contributed by atoms with Crippen LogP contribution in [-0.4, -0.2) is 37.5 Å². The van der Waals surface area contributed by atoms with Gasteiger partial charge < -0.3 is 14.4 Å². The van der Waals surface area contributed by atoms with E-state index in [1.807, 2.05) is 32.3 Å². The van der Waals surface area contributed by atoms with Crippen LogP contribution in [0.5, 0.6) is 11.5 Å². The monoisotopic (exact) mass is 351 g/mol. The third-order valence-electron chi connectivity index (χ3n) is 4.73. The van der Waals surface area contributed by atoms with Crippen molar-refractivity contribution in [1.29, 1.82) is 0 Å². The zero-order valence-electron chi connectivity index (χ0n) is 15.1. The van der Waals surface area contributed by atoms with E-state index >= 15 is 0 Å². The molecule has 0 fully saturated rings. The quantitative estimate of drug-likeness (QED) is 0.852. The number of hydrogen-bond donors (Lipinski definition) is 0. The van der Waals surface area contributed by atoms with Gasteiger partial charge in [0, 0.05) is 38.7 Å². The number of carbonyl (C=O) groups is 1. The van der Waals surface area contributed by atoms with Crippen LogP contribution in [0, 0.1) is 0 Å². The summed E-state index contributed by atoms with van der Waals surface area (Å²) in [5.41, 5.74) is 4.02. The number of hydrazone groups is 1. The Morgan fingerprint density at radius 1 is 1.12 bits per heavy atom. The average molecular weight is 351 g/mol. The van der Waals surface area contributed by atoms with Crippen LogP contribution in [0.4, 0.5) is 5.69 Å². The third-order valence-corrected chi connectivity index (χ3v) is 4.73. The van der Waals surface area contributed by atoms with E-state index in [9.17, 15) is 4.79 Å². The molecule has 4 rings (SSSR count). The minimum atomic E-state index is -0.0934. The molecule has 6 nitrogen and oxygen atoms in total. The molecule has 0 unspecified atom stereocenters. The first-order valence-corrected chi connectivity index (χ1v) is 8.57. The van der Waals surface area contributed by atoms with Crippen molar-refractivity contribution in [2.75, 3.05) is 25.8 Å². The van der Waals surface area contributed by atoms with Crippen molar-refractivity contribution < 1.29 is 14.3 Å². The topological polar surface area (TPSA) is 54.4 Å². The van der Waals surface area contributed by atoms with Gasteiger partial charge in [-0.15, -0.1) is 0 Å². The minimum absolute atomic E-state index is 0.0672. The van der Waals surface area contributed by atoms with Gasteiger partial charge in [-0.1, -0.05) is 12.1 Å². The van der Waals surface area contributed by atoms with Crippen molar-refractivity contribution in [2.24, 2.45) is 5.10 Å². The largest absolute Gasteiger partial charge is 0.454 e. The maximum absolute atomic E-state index is 12.1. The fraction of sp³-hybridized carbons (Fsp3) is 0.300. The van der Waals surface area contributed by atoms with Crippen LogP contribution in [0.3, 0.4) is 0 Å². The summed E-state index contributed by atoms with van der Waals surface area (Å²) in [5.74, 6) is 1.40. The number of rotatable bonds is 3. The first-order valence-electron chi connectivity index (χ1n) is 8.57. The van der Waals surface area contributed by atoms with Crippen LogP contribution in [-0.2, 0) is 4.79 Å². The number of carbonyl (C=O) groups excluding carboxylic acids is 1. The van der Waals surface area contributed by atoms with Gasteiger partial charge in [-0.25, -0.2) is 5.01 Å². The number of amides is 1. The van der Waals surface area contributed by atoms with Gasteiger partial charge >= 0.3 is 0 Å². The number of benzene rings is 2. The molecule has 2 heterocycles. The van der Waals surface area contributed by atoms with E-state index in [1.54, 1.807) is 11.9 Å². The second-order valence-corrected chi connectivity index (χ2v) is 6.68. The van der Waals surface area contributed by atoms with E-state index in [4.69, 9.17) is 9.47 Å². The fourth-order valence-corrected chi connectivity index (χ4v) is 3.31. The molecule has 134 valence electrons. The molecule has 0 saturated carbocycles. The third kappa shape index (κ3) is 2.87. The molecule has 26 heavy (non-hydrogen) atoms. The van der Waals surface area contributed by atoms with E-state index < -0.39 is 0 Å². The van der Waals surface area contributed by atoms with Gasteiger partial charge in [0.1, 0.15) is 0 Å². The summed E-state index contributed by atoms with van der Waals surface area (Å²) < 4.78 is 10.8. The summed E-state index contributed by atoms with van der Waals surface area (Å²) in [6, 6.07) is 13.9. The van der Waals surface area contributed by atoms with Crippen molar-refractivity contribution in [1.82, 2.24) is 5.01 Å². The normalized spacial score (nSPS) is 18.0. The van der Waals surface area contributed by atoms with Crippen molar-refractivity contribution in [2.45, 2.75) is 19.4 Å². The predicted octanol–water partition coefficient (Wildman–Crippen LogP) is 3.18. The first-order chi connectivity index (χ1) is 12.5. The zero-order chi connectivity index (χ0) is 18.3. The van der Waals surface area contributed by atoms with Gasteiger partial charge in [0.25, 0.3) is 0 Å². The highest BCUT2D eigenvalue weighted by molar-refractivity contribution is 6.03. The maximum Gasteiger partial charge on any atom is 0.240 e. The Balaban J connectivity index is 1.63. The Kier molecular flexibility index (Phi) is 4.03. The Bertz CT molecular complexity index is 874. The van der Waals surface area contributed by atoms with Crippen molar-refractivity contribution in [3.8, 4) is 11.5 Å². The lowest BCUT2D eigenvalue weighted by Gasteiger charge is -2.21. The second kappa shape index (κ2) is 6.37. The SMILES string of the molecule is CC(=O)N1N=C(c2ccc3c(c2)OCO3)C[C@H]1c1ccc(N(C)C)cc1. The Morgan fingerprint density at radius 3 is 2.54 bits per heavy atom. The molecule has 0 bridgehead atoms. The molecule has 6 heteroatoms. The summed E-state index contributed by atoms with van der Waals surface area (Å²) in [6.07, 6.45) is 0.667. The van der Waals surface area contributed by atoms with Crippen LogP contribution in [0.15, 0.2) is 47.6 Å². The molecule has 0 aliphatic carbocycles. The highest BCUT2D eigenvalue weighted by Gasteiger charge is 2.32. The fourth-order valence-electron chi connectivity index (χ4n) is 3.31. The van der Waals surface area contributed by atoms with Gasteiger partial charge in [-0.2, -0.15) is 5.10 Å². The van der Waals surface area contributed by atoms with E-state index in [-0.39, 0.29) is 18.7 Å². The lowest BCUT2D eigenvalue weighted by molar-refractivity contribution is -0.130. The molecule has 0 spiro atoms. The molecule has 0 aromatic heterocycles. The van der Waals surface area contributed by atoms with Gasteiger partial charge in [0.15, 0.2) is 11.5 Å². The number of anilines is 1. The van der Waals surface area contributed by atoms with E-state index in [0.29, 0.717) is 6.42 Å². The Labute approximate surface area is 152 Å². The first kappa shape index (κ1) is 16.4. The van der Waals surface area contributed by atoms with E-state index in [0.717, 1.165) is 34.0 Å². The summed E-state index contributed by atoms with van der Waals surface area (Å²) in [5, 5.41) is 6.17. The van der Waals surface area contributed by atoms with Crippen LogP contribution in [0.2, 0.25) is 0 Å². The maximum atomic E-state index is 12.1. The summed E-state index contributed by atoms with van der Waals surface area (Å²) in [4.78, 5) is 14.2. The van der Waals surface area contributed by atoms with Gasteiger partial charge in [-0.3, -0.25) is 4.79 Å². The molecular weight excluding hydrogens is 330 g/mol. The molecule has 2 aliphatic rings. The van der Waals surface area contributed by atoms with Crippen LogP contribution < -0.4 is 14.4 Å². The number of hydrogen-bond acceptors (Lipinski definition) is 5. The molecule has 2 aromatic carbocycles. The van der Waals surface area contributed by atoms with Gasteiger partial charge in [0.05, 0.1) is 11.8 Å². The average Bonchev–Trinajstić information content (AvgIpc) is 3.28. The van der Waals surface area contributed by atoms with E-state index in [2.05, 4.69) is 34.3 Å². The zero-order valence-corrected chi connectivity index (χ0v) is 15.1. The predicted molar refractivity (Wildman–Crippen MR) is 99.7 cm³/mol. The number of fused-ring (bicyclic) bond motifs is 1. The standard InChI is InChI=1S/C20H21N3O3/c1-13(24)23-18(14-4-7-16(8-5-14)22(2)3)11-17(21-23)15-6-9-19-20(10-15)26-12-25-19/h4-10,18H,11-12H2,1-3H3/t18-/m0/s1. The molecule has 1 amide bonds. The van der Waals surface area contributed by atoms with Crippen LogP contribution in [0.1, 0.15) is 30.5 Å². The Hall–Kier alpha value is -3.02. The smallest absolute Gasteiger partial charge is 0.240 e. The molecule has 0 radical (unpaired) electrons. The van der Waals surface area contributed by atoms with Crippen LogP contribution in [0.25, 0.3) is 0 Å². The molecule has 0 N–H and O–H groups in total. The van der Waals surface area contributed by atoms with Crippen molar-refractivity contribution in [3.05, 3.63) is 53.6 Å². The second-order valence-electron chi connectivity index (χ2n) is 6.68. The number of nitrogens with zero attached hydrogens (tertiary/aromatic N) is 3. The lowest BCUT2D eigenvalue weighted by atomic mass is 9.98. The molecule has 1 atom stereocenters. The number of ether oxygens (including phenoxy) is 2. The Morgan fingerprint density at radius 2 is 1.85 bits per heavy atom. The highest BCUT2D eigenvalue weighted by Crippen LogP contribution is 2.37. The van der Waals surface area contributed by atoms with E-state index in [1.165, 1.54) is 0 Å². The summed E-state index contributed by atoms with van der Waals surface area (Å²) in [7, 11) is 4.01. The molecule has 2 aliphatic heterocycles. The molecule has 2 aromatic rings. The lowest BCUT2D eigenvalue weighted by Crippen LogP contribution is -2.24. The minimum Gasteiger partial charge on any atom is -0.454 e.